The second kappa shape index (κ2) is 7.72. The molecule has 0 aliphatic rings. The first-order valence-electron chi connectivity index (χ1n) is 7.60. The Bertz CT molecular complexity index is 551. The Morgan fingerprint density at radius 2 is 1.78 bits per heavy atom. The first-order valence-corrected chi connectivity index (χ1v) is 8.41. The fourth-order valence-corrected chi connectivity index (χ4v) is 2.82. The Morgan fingerprint density at radius 3 is 2.22 bits per heavy atom. The highest BCUT2D eigenvalue weighted by Crippen LogP contribution is 2.21. The van der Waals surface area contributed by atoms with Crippen molar-refractivity contribution in [1.29, 1.82) is 0 Å². The number of carbonyl (C=O) groups excluding carboxylic acids is 2. The Balaban J connectivity index is 2.72. The lowest BCUT2D eigenvalue weighted by molar-refractivity contribution is -0.121. The fourth-order valence-electron chi connectivity index (χ4n) is 2.23. The summed E-state index contributed by atoms with van der Waals surface area (Å²) in [6, 6.07) is -0.376. The number of anilines is 1. The molecule has 2 unspecified atom stereocenters. The van der Waals surface area contributed by atoms with Crippen molar-refractivity contribution in [2.75, 3.05) is 5.32 Å². The standard InChI is InChI=1S/C15H26N4O3S/c1-8(2)11(9(3)16-14(21)22-15(5,6)7)12(20)17-13-19-18-10(4)23-13/h8-9,11H,1-7H3,(H,16,21)(H,17,19,20). The molecular weight excluding hydrogens is 316 g/mol. The molecule has 0 radical (unpaired) electrons. The van der Waals surface area contributed by atoms with Crippen molar-refractivity contribution in [2.45, 2.75) is 60.1 Å². The molecule has 0 fully saturated rings. The number of nitrogens with zero attached hydrogens (tertiary/aromatic N) is 2. The molecule has 1 aromatic heterocycles. The van der Waals surface area contributed by atoms with Gasteiger partial charge in [-0.05, 0) is 40.5 Å². The molecule has 0 aromatic carbocycles. The summed E-state index contributed by atoms with van der Waals surface area (Å²) in [7, 11) is 0. The smallest absolute Gasteiger partial charge is 0.407 e. The summed E-state index contributed by atoms with van der Waals surface area (Å²) in [5, 5.41) is 14.5. The van der Waals surface area contributed by atoms with Crippen LogP contribution in [-0.4, -0.2) is 33.8 Å². The van der Waals surface area contributed by atoms with Gasteiger partial charge in [-0.2, -0.15) is 0 Å². The molecule has 1 heterocycles. The predicted octanol–water partition coefficient (Wildman–Crippen LogP) is 2.97. The van der Waals surface area contributed by atoms with Crippen molar-refractivity contribution >= 4 is 28.5 Å². The van der Waals surface area contributed by atoms with Crippen LogP contribution in [0.3, 0.4) is 0 Å². The van der Waals surface area contributed by atoms with Crippen LogP contribution in [0.5, 0.6) is 0 Å². The van der Waals surface area contributed by atoms with Crippen LogP contribution in [0, 0.1) is 18.8 Å². The van der Waals surface area contributed by atoms with Gasteiger partial charge in [-0.15, -0.1) is 10.2 Å². The van der Waals surface area contributed by atoms with Crippen molar-refractivity contribution in [1.82, 2.24) is 15.5 Å². The van der Waals surface area contributed by atoms with Crippen LogP contribution >= 0.6 is 11.3 Å². The molecule has 130 valence electrons. The molecule has 0 bridgehead atoms. The van der Waals surface area contributed by atoms with Gasteiger partial charge < -0.3 is 15.4 Å². The molecule has 1 rings (SSSR count). The fraction of sp³-hybridized carbons (Fsp3) is 0.733. The van der Waals surface area contributed by atoms with Gasteiger partial charge >= 0.3 is 6.09 Å². The van der Waals surface area contributed by atoms with E-state index in [0.717, 1.165) is 5.01 Å². The van der Waals surface area contributed by atoms with Gasteiger partial charge in [0.15, 0.2) is 0 Å². The summed E-state index contributed by atoms with van der Waals surface area (Å²) in [6.07, 6.45) is -0.532. The van der Waals surface area contributed by atoms with Crippen LogP contribution in [0.1, 0.15) is 46.6 Å². The zero-order valence-electron chi connectivity index (χ0n) is 14.8. The number of hydrogen-bond acceptors (Lipinski definition) is 6. The minimum atomic E-state index is -0.580. The molecule has 0 aliphatic heterocycles. The third kappa shape index (κ3) is 6.52. The third-order valence-corrected chi connectivity index (χ3v) is 3.81. The van der Waals surface area contributed by atoms with Gasteiger partial charge in [-0.1, -0.05) is 25.2 Å². The lowest BCUT2D eigenvalue weighted by Crippen LogP contribution is -2.46. The average Bonchev–Trinajstić information content (AvgIpc) is 2.70. The van der Waals surface area contributed by atoms with E-state index in [0.29, 0.717) is 5.13 Å². The normalized spacial score (nSPS) is 14.3. The maximum Gasteiger partial charge on any atom is 0.407 e. The number of ether oxygens (including phenoxy) is 1. The summed E-state index contributed by atoms with van der Waals surface area (Å²) in [5.74, 6) is -0.569. The largest absolute Gasteiger partial charge is 0.444 e. The minimum absolute atomic E-state index is 0.0361. The van der Waals surface area contributed by atoms with Gasteiger partial charge in [0.1, 0.15) is 10.6 Å². The number of carbonyl (C=O) groups is 2. The minimum Gasteiger partial charge on any atom is -0.444 e. The highest BCUT2D eigenvalue weighted by atomic mass is 32.1. The second-order valence-corrected chi connectivity index (χ2v) is 8.00. The molecule has 2 amide bonds. The van der Waals surface area contributed by atoms with E-state index >= 15 is 0 Å². The van der Waals surface area contributed by atoms with Crippen molar-refractivity contribution < 1.29 is 14.3 Å². The Kier molecular flexibility index (Phi) is 6.49. The number of amides is 2. The molecule has 7 nitrogen and oxygen atoms in total. The summed E-state index contributed by atoms with van der Waals surface area (Å²) in [6.45, 7) is 12.9. The molecule has 23 heavy (non-hydrogen) atoms. The van der Waals surface area contributed by atoms with E-state index in [4.69, 9.17) is 4.74 Å². The highest BCUT2D eigenvalue weighted by molar-refractivity contribution is 7.15. The first kappa shape index (κ1) is 19.3. The Morgan fingerprint density at radius 1 is 1.17 bits per heavy atom. The molecule has 2 N–H and O–H groups in total. The maximum atomic E-state index is 12.5. The van der Waals surface area contributed by atoms with Crippen LogP contribution in [0.4, 0.5) is 9.93 Å². The second-order valence-electron chi connectivity index (χ2n) is 6.82. The summed E-state index contributed by atoms with van der Waals surface area (Å²) in [5.41, 5.74) is -0.580. The van der Waals surface area contributed by atoms with Crippen LogP contribution < -0.4 is 10.6 Å². The summed E-state index contributed by atoms with van der Waals surface area (Å²) < 4.78 is 5.24. The number of alkyl carbamates (subject to hydrolysis) is 1. The van der Waals surface area contributed by atoms with Crippen LogP contribution in [0.15, 0.2) is 0 Å². The predicted molar refractivity (Wildman–Crippen MR) is 90.4 cm³/mol. The number of aryl methyl sites for hydroxylation is 1. The molecule has 1 aromatic rings. The molecular formula is C15H26N4O3S. The quantitative estimate of drug-likeness (QED) is 0.858. The van der Waals surface area contributed by atoms with Gasteiger partial charge in [0.05, 0.1) is 5.92 Å². The van der Waals surface area contributed by atoms with Gasteiger partial charge in [-0.25, -0.2) is 4.79 Å². The van der Waals surface area contributed by atoms with E-state index in [1.165, 1.54) is 11.3 Å². The molecule has 2 atom stereocenters. The number of nitrogens with one attached hydrogen (secondary N) is 2. The van der Waals surface area contributed by atoms with E-state index in [1.54, 1.807) is 27.7 Å². The van der Waals surface area contributed by atoms with E-state index in [-0.39, 0.29) is 17.9 Å². The number of aromatic nitrogens is 2. The third-order valence-electron chi connectivity index (χ3n) is 3.06. The number of rotatable bonds is 5. The lowest BCUT2D eigenvalue weighted by atomic mass is 9.88. The average molecular weight is 342 g/mol. The zero-order valence-corrected chi connectivity index (χ0v) is 15.6. The van der Waals surface area contributed by atoms with E-state index in [2.05, 4.69) is 20.8 Å². The summed E-state index contributed by atoms with van der Waals surface area (Å²) in [4.78, 5) is 24.4. The first-order chi connectivity index (χ1) is 10.5. The highest BCUT2D eigenvalue weighted by Gasteiger charge is 2.31. The van der Waals surface area contributed by atoms with Crippen molar-refractivity contribution in [2.24, 2.45) is 11.8 Å². The van der Waals surface area contributed by atoms with E-state index in [9.17, 15) is 9.59 Å². The lowest BCUT2D eigenvalue weighted by Gasteiger charge is -2.28. The number of hydrogen-bond donors (Lipinski definition) is 2. The van der Waals surface area contributed by atoms with Crippen molar-refractivity contribution in [3.63, 3.8) is 0 Å². The SMILES string of the molecule is Cc1nnc(NC(=O)C(C(C)C)C(C)NC(=O)OC(C)(C)C)s1. The van der Waals surface area contributed by atoms with E-state index in [1.807, 2.05) is 20.8 Å². The van der Waals surface area contributed by atoms with Crippen LogP contribution in [0.25, 0.3) is 0 Å². The van der Waals surface area contributed by atoms with Gasteiger partial charge in [0.2, 0.25) is 11.0 Å². The van der Waals surface area contributed by atoms with Crippen molar-refractivity contribution in [3.05, 3.63) is 5.01 Å². The van der Waals surface area contributed by atoms with Gasteiger partial charge in [-0.3, -0.25) is 4.79 Å². The Hall–Kier alpha value is -1.70. The van der Waals surface area contributed by atoms with Gasteiger partial charge in [0, 0.05) is 6.04 Å². The zero-order chi connectivity index (χ0) is 17.8. The topological polar surface area (TPSA) is 93.2 Å². The van der Waals surface area contributed by atoms with Gasteiger partial charge in [0.25, 0.3) is 0 Å². The monoisotopic (exact) mass is 342 g/mol. The molecule has 8 heteroatoms. The van der Waals surface area contributed by atoms with Crippen LogP contribution in [0.2, 0.25) is 0 Å². The maximum absolute atomic E-state index is 12.5. The molecule has 0 saturated heterocycles. The van der Waals surface area contributed by atoms with Crippen molar-refractivity contribution in [3.8, 4) is 0 Å². The molecule has 0 saturated carbocycles. The van der Waals surface area contributed by atoms with E-state index < -0.39 is 17.6 Å². The molecule has 0 spiro atoms. The molecule has 0 aliphatic carbocycles. The Labute approximate surface area is 141 Å². The van der Waals surface area contributed by atoms with Crippen LogP contribution in [-0.2, 0) is 9.53 Å². The summed E-state index contributed by atoms with van der Waals surface area (Å²) >= 11 is 1.31.